The lowest BCUT2D eigenvalue weighted by Crippen LogP contribution is -2.16. The number of nitrogens with two attached hydrogens (primary N) is 1. The SMILES string of the molecule is Nc1c(Br)cc(Br)cc1C(=O)C(=O)c1ccccc1. The van der Waals surface area contributed by atoms with Crippen LogP contribution in [0.5, 0.6) is 0 Å². The van der Waals surface area contributed by atoms with Crippen molar-refractivity contribution in [1.82, 2.24) is 0 Å². The van der Waals surface area contributed by atoms with Crippen LogP contribution in [0.4, 0.5) is 5.69 Å². The number of Topliss-reactive ketones (excluding diaryl/α,β-unsaturated/α-hetero) is 2. The van der Waals surface area contributed by atoms with Gasteiger partial charge in [-0.15, -0.1) is 0 Å². The Bertz CT molecular complexity index is 654. The van der Waals surface area contributed by atoms with Crippen molar-refractivity contribution in [1.29, 1.82) is 0 Å². The average Bonchev–Trinajstić information content (AvgIpc) is 2.42. The van der Waals surface area contributed by atoms with Crippen LogP contribution in [0.25, 0.3) is 0 Å². The van der Waals surface area contributed by atoms with E-state index in [0.29, 0.717) is 14.5 Å². The Kier molecular flexibility index (Phi) is 4.17. The molecule has 0 aliphatic rings. The van der Waals surface area contributed by atoms with Crippen molar-refractivity contribution in [2.45, 2.75) is 0 Å². The zero-order valence-corrected chi connectivity index (χ0v) is 12.9. The molecule has 0 heterocycles. The van der Waals surface area contributed by atoms with E-state index in [1.165, 1.54) is 0 Å². The Morgan fingerprint density at radius 2 is 1.58 bits per heavy atom. The molecule has 5 heteroatoms. The highest BCUT2D eigenvalue weighted by Gasteiger charge is 2.21. The third kappa shape index (κ3) is 2.93. The van der Waals surface area contributed by atoms with Crippen molar-refractivity contribution in [3.8, 4) is 0 Å². The molecule has 96 valence electrons. The van der Waals surface area contributed by atoms with E-state index >= 15 is 0 Å². The molecule has 0 bridgehead atoms. The number of benzene rings is 2. The van der Waals surface area contributed by atoms with Crippen LogP contribution in [-0.2, 0) is 0 Å². The van der Waals surface area contributed by atoms with Crippen LogP contribution in [0, 0.1) is 0 Å². The number of hydrogen-bond donors (Lipinski definition) is 1. The lowest BCUT2D eigenvalue weighted by Gasteiger charge is -2.07. The van der Waals surface area contributed by atoms with Gasteiger partial charge in [0.2, 0.25) is 11.6 Å². The second kappa shape index (κ2) is 5.67. The third-order valence-corrected chi connectivity index (χ3v) is 3.70. The summed E-state index contributed by atoms with van der Waals surface area (Å²) in [5.41, 5.74) is 6.63. The molecule has 2 aromatic rings. The largest absolute Gasteiger partial charge is 0.397 e. The molecular formula is C14H9Br2NO2. The van der Waals surface area contributed by atoms with E-state index in [1.807, 2.05) is 0 Å². The van der Waals surface area contributed by atoms with Gasteiger partial charge in [-0.3, -0.25) is 9.59 Å². The van der Waals surface area contributed by atoms with E-state index in [1.54, 1.807) is 42.5 Å². The lowest BCUT2D eigenvalue weighted by atomic mass is 10.0. The molecule has 0 aliphatic heterocycles. The first-order chi connectivity index (χ1) is 9.00. The molecule has 0 spiro atoms. The molecule has 2 N–H and O–H groups in total. The Morgan fingerprint density at radius 3 is 2.21 bits per heavy atom. The minimum Gasteiger partial charge on any atom is -0.397 e. The van der Waals surface area contributed by atoms with Crippen molar-refractivity contribution in [3.63, 3.8) is 0 Å². The van der Waals surface area contributed by atoms with Gasteiger partial charge in [0, 0.05) is 14.5 Å². The van der Waals surface area contributed by atoms with Gasteiger partial charge in [-0.25, -0.2) is 0 Å². The molecule has 0 amide bonds. The van der Waals surface area contributed by atoms with Crippen LogP contribution in [-0.4, -0.2) is 11.6 Å². The molecule has 2 rings (SSSR count). The molecule has 0 atom stereocenters. The maximum absolute atomic E-state index is 12.2. The zero-order chi connectivity index (χ0) is 14.0. The lowest BCUT2D eigenvalue weighted by molar-refractivity contribution is 0.0817. The van der Waals surface area contributed by atoms with E-state index in [9.17, 15) is 9.59 Å². The molecule has 19 heavy (non-hydrogen) atoms. The number of rotatable bonds is 3. The van der Waals surface area contributed by atoms with Gasteiger partial charge in [-0.1, -0.05) is 46.3 Å². The first kappa shape index (κ1) is 14.0. The van der Waals surface area contributed by atoms with E-state index in [2.05, 4.69) is 31.9 Å². The third-order valence-electron chi connectivity index (χ3n) is 2.58. The van der Waals surface area contributed by atoms with Crippen molar-refractivity contribution >= 4 is 49.1 Å². The number of halogens is 2. The van der Waals surface area contributed by atoms with Gasteiger partial charge in [0.1, 0.15) is 0 Å². The smallest absolute Gasteiger partial charge is 0.235 e. The second-order valence-corrected chi connectivity index (χ2v) is 5.64. The van der Waals surface area contributed by atoms with Crippen LogP contribution >= 0.6 is 31.9 Å². The first-order valence-electron chi connectivity index (χ1n) is 5.39. The van der Waals surface area contributed by atoms with Gasteiger partial charge in [-0.05, 0) is 28.1 Å². The summed E-state index contributed by atoms with van der Waals surface area (Å²) in [6.45, 7) is 0. The molecule has 0 aromatic heterocycles. The van der Waals surface area contributed by atoms with Crippen LogP contribution in [0.15, 0.2) is 51.4 Å². The number of nitrogen functional groups attached to an aromatic ring is 1. The Morgan fingerprint density at radius 1 is 0.947 bits per heavy atom. The van der Waals surface area contributed by atoms with Crippen molar-refractivity contribution in [2.75, 3.05) is 5.73 Å². The number of hydrogen-bond acceptors (Lipinski definition) is 3. The number of carbonyl (C=O) groups excluding carboxylic acids is 2. The summed E-state index contributed by atoms with van der Waals surface area (Å²) in [6.07, 6.45) is 0. The number of ketones is 2. The normalized spacial score (nSPS) is 10.2. The molecular weight excluding hydrogens is 374 g/mol. The fourth-order valence-electron chi connectivity index (χ4n) is 1.62. The van der Waals surface area contributed by atoms with E-state index in [4.69, 9.17) is 5.73 Å². The standard InChI is InChI=1S/C14H9Br2NO2/c15-9-6-10(12(17)11(16)7-9)14(19)13(18)8-4-2-1-3-5-8/h1-7H,17H2. The van der Waals surface area contributed by atoms with Crippen molar-refractivity contribution in [3.05, 3.63) is 62.5 Å². The molecule has 0 saturated heterocycles. The first-order valence-corrected chi connectivity index (χ1v) is 6.98. The highest BCUT2D eigenvalue weighted by atomic mass is 79.9. The predicted octanol–water partition coefficient (Wildman–Crippen LogP) is 3.86. The summed E-state index contributed by atoms with van der Waals surface area (Å²) < 4.78 is 1.25. The highest BCUT2D eigenvalue weighted by Crippen LogP contribution is 2.29. The predicted molar refractivity (Wildman–Crippen MR) is 81.4 cm³/mol. The number of anilines is 1. The maximum Gasteiger partial charge on any atom is 0.235 e. The Labute approximate surface area is 127 Å². The molecule has 3 nitrogen and oxygen atoms in total. The summed E-state index contributed by atoms with van der Waals surface area (Å²) in [7, 11) is 0. The van der Waals surface area contributed by atoms with Gasteiger partial charge in [0.25, 0.3) is 0 Å². The van der Waals surface area contributed by atoms with Gasteiger partial charge in [-0.2, -0.15) is 0 Å². The molecule has 0 unspecified atom stereocenters. The second-order valence-electron chi connectivity index (χ2n) is 3.87. The summed E-state index contributed by atoms with van der Waals surface area (Å²) in [5.74, 6) is -1.19. The minimum absolute atomic E-state index is 0.190. The van der Waals surface area contributed by atoms with E-state index < -0.39 is 11.6 Å². The molecule has 0 radical (unpaired) electrons. The monoisotopic (exact) mass is 381 g/mol. The summed E-state index contributed by atoms with van der Waals surface area (Å²) in [4.78, 5) is 24.3. The zero-order valence-electron chi connectivity index (χ0n) is 9.69. The molecule has 0 saturated carbocycles. The van der Waals surface area contributed by atoms with Gasteiger partial charge >= 0.3 is 0 Å². The molecule has 0 aliphatic carbocycles. The van der Waals surface area contributed by atoms with Gasteiger partial charge < -0.3 is 5.73 Å². The van der Waals surface area contributed by atoms with Crippen molar-refractivity contribution in [2.24, 2.45) is 0 Å². The van der Waals surface area contributed by atoms with Crippen LogP contribution in [0.3, 0.4) is 0 Å². The Hall–Kier alpha value is -1.46. The van der Waals surface area contributed by atoms with Crippen LogP contribution in [0.2, 0.25) is 0 Å². The molecule has 0 fully saturated rings. The number of carbonyl (C=O) groups is 2. The average molecular weight is 383 g/mol. The summed E-state index contributed by atoms with van der Waals surface area (Å²) in [6, 6.07) is 11.7. The van der Waals surface area contributed by atoms with E-state index in [-0.39, 0.29) is 11.3 Å². The Balaban J connectivity index is 2.43. The fraction of sp³-hybridized carbons (Fsp3) is 0. The van der Waals surface area contributed by atoms with Crippen LogP contribution in [0.1, 0.15) is 20.7 Å². The minimum atomic E-state index is -0.620. The topological polar surface area (TPSA) is 60.2 Å². The van der Waals surface area contributed by atoms with E-state index in [0.717, 1.165) is 0 Å². The van der Waals surface area contributed by atoms with Crippen LogP contribution < -0.4 is 5.73 Å². The summed E-state index contributed by atoms with van der Waals surface area (Å²) in [5, 5.41) is 0. The van der Waals surface area contributed by atoms with Gasteiger partial charge in [0.05, 0.1) is 11.3 Å². The van der Waals surface area contributed by atoms with Crippen molar-refractivity contribution < 1.29 is 9.59 Å². The summed E-state index contributed by atoms with van der Waals surface area (Å²) >= 11 is 6.52. The maximum atomic E-state index is 12.2. The highest BCUT2D eigenvalue weighted by molar-refractivity contribution is 9.11. The molecule has 2 aromatic carbocycles. The van der Waals surface area contributed by atoms with Gasteiger partial charge in [0.15, 0.2) is 0 Å². The quantitative estimate of drug-likeness (QED) is 0.498. The fourth-order valence-corrected chi connectivity index (χ4v) is 2.84.